The number of piperidine rings is 1. The quantitative estimate of drug-likeness (QED) is 0.894. The largest absolute Gasteiger partial charge is 0.356 e. The van der Waals surface area contributed by atoms with E-state index >= 15 is 0 Å². The van der Waals surface area contributed by atoms with Crippen molar-refractivity contribution in [2.45, 2.75) is 31.8 Å². The van der Waals surface area contributed by atoms with E-state index in [1.165, 1.54) is 11.1 Å². The number of benzene rings is 1. The van der Waals surface area contributed by atoms with Crippen LogP contribution >= 0.6 is 0 Å². The fourth-order valence-corrected chi connectivity index (χ4v) is 3.72. The maximum atomic E-state index is 13.0. The first-order valence-electron chi connectivity index (χ1n) is 9.15. The first-order valence-corrected chi connectivity index (χ1v) is 9.15. The van der Waals surface area contributed by atoms with E-state index in [-0.39, 0.29) is 5.91 Å². The third kappa shape index (κ3) is 3.90. The van der Waals surface area contributed by atoms with E-state index in [1.54, 1.807) is 15.8 Å². The third-order valence-corrected chi connectivity index (χ3v) is 5.20. The number of carbonyl (C=O) groups excluding carboxylic acids is 1. The summed E-state index contributed by atoms with van der Waals surface area (Å²) >= 11 is 0. The smallest absolute Gasteiger partial charge is 0.247 e. The Labute approximate surface area is 155 Å². The van der Waals surface area contributed by atoms with Gasteiger partial charge < -0.3 is 10.2 Å². The van der Waals surface area contributed by atoms with Gasteiger partial charge in [-0.1, -0.05) is 29.8 Å². The molecule has 0 aliphatic carbocycles. The highest BCUT2D eigenvalue weighted by atomic mass is 16.2. The monoisotopic (exact) mass is 355 g/mol. The van der Waals surface area contributed by atoms with Gasteiger partial charge in [0.15, 0.2) is 0 Å². The minimum atomic E-state index is -0.569. The van der Waals surface area contributed by atoms with Gasteiger partial charge in [-0.2, -0.15) is 5.10 Å². The molecule has 6 nitrogen and oxygen atoms in total. The Kier molecular flexibility index (Phi) is 5.32. The van der Waals surface area contributed by atoms with Crippen molar-refractivity contribution in [2.75, 3.05) is 32.5 Å². The molecule has 1 amide bonds. The van der Waals surface area contributed by atoms with Gasteiger partial charge in [0.2, 0.25) is 5.91 Å². The van der Waals surface area contributed by atoms with Gasteiger partial charge in [-0.3, -0.25) is 14.4 Å². The standard InChI is InChI=1S/C20H29N5O/c1-16-6-5-7-17(14-16)15-25-12-9-20(10-13-25,19(26)23(2)3)22-18-8-11-21-24(18)4/h5-8,11,14,22H,9-10,12-13,15H2,1-4H3. The molecule has 1 saturated heterocycles. The fourth-order valence-electron chi connectivity index (χ4n) is 3.72. The molecule has 0 atom stereocenters. The molecule has 1 aromatic carbocycles. The first kappa shape index (κ1) is 18.5. The zero-order chi connectivity index (χ0) is 18.7. The minimum Gasteiger partial charge on any atom is -0.356 e. The summed E-state index contributed by atoms with van der Waals surface area (Å²) in [7, 11) is 5.55. The number of likely N-dealkylation sites (N-methyl/N-ethyl adjacent to an activating group) is 1. The van der Waals surface area contributed by atoms with Crippen molar-refractivity contribution >= 4 is 11.7 Å². The van der Waals surface area contributed by atoms with E-state index in [4.69, 9.17) is 0 Å². The summed E-state index contributed by atoms with van der Waals surface area (Å²) in [4.78, 5) is 17.1. The highest BCUT2D eigenvalue weighted by molar-refractivity contribution is 5.89. The number of aryl methyl sites for hydroxylation is 2. The summed E-state index contributed by atoms with van der Waals surface area (Å²) in [6, 6.07) is 10.6. The number of carbonyl (C=O) groups is 1. The van der Waals surface area contributed by atoms with Crippen molar-refractivity contribution in [1.82, 2.24) is 19.6 Å². The number of hydrogen-bond acceptors (Lipinski definition) is 4. The number of nitrogens with one attached hydrogen (secondary N) is 1. The molecule has 0 bridgehead atoms. The zero-order valence-electron chi connectivity index (χ0n) is 16.2. The van der Waals surface area contributed by atoms with Crippen molar-refractivity contribution in [2.24, 2.45) is 7.05 Å². The van der Waals surface area contributed by atoms with Gasteiger partial charge in [0, 0.05) is 46.8 Å². The summed E-state index contributed by atoms with van der Waals surface area (Å²) in [6.45, 7) is 4.83. The molecule has 1 aromatic heterocycles. The van der Waals surface area contributed by atoms with Crippen molar-refractivity contribution in [3.05, 3.63) is 47.7 Å². The lowest BCUT2D eigenvalue weighted by Crippen LogP contribution is -2.58. The van der Waals surface area contributed by atoms with E-state index in [0.29, 0.717) is 0 Å². The Bertz CT molecular complexity index is 759. The van der Waals surface area contributed by atoms with Crippen LogP contribution in [0.4, 0.5) is 5.82 Å². The van der Waals surface area contributed by atoms with Crippen LogP contribution < -0.4 is 5.32 Å². The summed E-state index contributed by atoms with van der Waals surface area (Å²) in [5.74, 6) is 1.02. The lowest BCUT2D eigenvalue weighted by molar-refractivity contribution is -0.135. The second-order valence-corrected chi connectivity index (χ2v) is 7.51. The van der Waals surface area contributed by atoms with Gasteiger partial charge in [-0.25, -0.2) is 0 Å². The van der Waals surface area contributed by atoms with E-state index in [9.17, 15) is 4.79 Å². The van der Waals surface area contributed by atoms with Gasteiger partial charge in [0.1, 0.15) is 11.4 Å². The molecule has 140 valence electrons. The second kappa shape index (κ2) is 7.50. The number of hydrogen-bond donors (Lipinski definition) is 1. The average molecular weight is 355 g/mol. The maximum absolute atomic E-state index is 13.0. The SMILES string of the molecule is Cc1cccc(CN2CCC(Nc3ccnn3C)(C(=O)N(C)C)CC2)c1. The molecule has 0 radical (unpaired) electrons. The van der Waals surface area contributed by atoms with Gasteiger partial charge in [0.05, 0.1) is 6.20 Å². The summed E-state index contributed by atoms with van der Waals surface area (Å²) in [5, 5.41) is 7.72. The topological polar surface area (TPSA) is 53.4 Å². The Morgan fingerprint density at radius 1 is 1.27 bits per heavy atom. The molecule has 2 aromatic rings. The molecule has 26 heavy (non-hydrogen) atoms. The number of aromatic nitrogens is 2. The molecule has 0 saturated carbocycles. The lowest BCUT2D eigenvalue weighted by Gasteiger charge is -2.42. The van der Waals surface area contributed by atoms with Crippen LogP contribution in [-0.4, -0.2) is 58.2 Å². The second-order valence-electron chi connectivity index (χ2n) is 7.51. The van der Waals surface area contributed by atoms with Crippen LogP contribution in [0.25, 0.3) is 0 Å². The lowest BCUT2D eigenvalue weighted by atomic mass is 9.85. The molecule has 3 rings (SSSR count). The van der Waals surface area contributed by atoms with Gasteiger partial charge in [-0.15, -0.1) is 0 Å². The van der Waals surface area contributed by atoms with Crippen LogP contribution in [0.5, 0.6) is 0 Å². The molecular weight excluding hydrogens is 326 g/mol. The zero-order valence-corrected chi connectivity index (χ0v) is 16.2. The molecular formula is C20H29N5O. The van der Waals surface area contributed by atoms with Crippen molar-refractivity contribution in [1.29, 1.82) is 0 Å². The van der Waals surface area contributed by atoms with E-state index < -0.39 is 5.54 Å². The van der Waals surface area contributed by atoms with Crippen molar-refractivity contribution in [3.63, 3.8) is 0 Å². The molecule has 1 aliphatic rings. The normalized spacial score (nSPS) is 17.1. The third-order valence-electron chi connectivity index (χ3n) is 5.20. The van der Waals surface area contributed by atoms with Crippen LogP contribution in [-0.2, 0) is 18.4 Å². The Balaban J connectivity index is 1.72. The van der Waals surface area contributed by atoms with E-state index in [0.717, 1.165) is 38.3 Å². The Morgan fingerprint density at radius 2 is 2.00 bits per heavy atom. The number of rotatable bonds is 5. The van der Waals surface area contributed by atoms with Crippen LogP contribution in [0.15, 0.2) is 36.5 Å². The minimum absolute atomic E-state index is 0.133. The predicted octanol–water partition coefficient (Wildman–Crippen LogP) is 2.26. The van der Waals surface area contributed by atoms with Crippen LogP contribution in [0, 0.1) is 6.92 Å². The molecule has 1 aliphatic heterocycles. The molecule has 6 heteroatoms. The fraction of sp³-hybridized carbons (Fsp3) is 0.500. The number of nitrogens with zero attached hydrogens (tertiary/aromatic N) is 4. The highest BCUT2D eigenvalue weighted by Gasteiger charge is 2.42. The maximum Gasteiger partial charge on any atom is 0.247 e. The average Bonchev–Trinajstić information content (AvgIpc) is 3.01. The molecule has 0 unspecified atom stereocenters. The molecule has 0 spiro atoms. The van der Waals surface area contributed by atoms with Gasteiger partial charge >= 0.3 is 0 Å². The van der Waals surface area contributed by atoms with Crippen LogP contribution in [0.3, 0.4) is 0 Å². The predicted molar refractivity (Wildman–Crippen MR) is 104 cm³/mol. The van der Waals surface area contributed by atoms with E-state index in [2.05, 4.69) is 46.5 Å². The van der Waals surface area contributed by atoms with Gasteiger partial charge in [-0.05, 0) is 25.3 Å². The first-order chi connectivity index (χ1) is 12.4. The number of likely N-dealkylation sites (tertiary alicyclic amines) is 1. The Hall–Kier alpha value is -2.34. The van der Waals surface area contributed by atoms with Crippen LogP contribution in [0.1, 0.15) is 24.0 Å². The van der Waals surface area contributed by atoms with E-state index in [1.807, 2.05) is 27.2 Å². The Morgan fingerprint density at radius 3 is 2.58 bits per heavy atom. The van der Waals surface area contributed by atoms with Gasteiger partial charge in [0.25, 0.3) is 0 Å². The summed E-state index contributed by atoms with van der Waals surface area (Å²) < 4.78 is 1.78. The molecule has 1 fully saturated rings. The van der Waals surface area contributed by atoms with Crippen molar-refractivity contribution in [3.8, 4) is 0 Å². The van der Waals surface area contributed by atoms with Crippen LogP contribution in [0.2, 0.25) is 0 Å². The summed E-state index contributed by atoms with van der Waals surface area (Å²) in [5.41, 5.74) is 2.05. The number of anilines is 1. The molecule has 2 heterocycles. The van der Waals surface area contributed by atoms with Crippen molar-refractivity contribution < 1.29 is 4.79 Å². The summed E-state index contributed by atoms with van der Waals surface area (Å²) in [6.07, 6.45) is 3.31. The molecule has 1 N–H and O–H groups in total. The highest BCUT2D eigenvalue weighted by Crippen LogP contribution is 2.29. The number of amides is 1.